The van der Waals surface area contributed by atoms with E-state index in [2.05, 4.69) is 20.7 Å². The first-order valence-electron chi connectivity index (χ1n) is 5.52. The number of halogens is 4. The van der Waals surface area contributed by atoms with Crippen molar-refractivity contribution in [3.8, 4) is 0 Å². The highest BCUT2D eigenvalue weighted by Gasteiger charge is 2.45. The van der Waals surface area contributed by atoms with E-state index in [1.54, 1.807) is 20.8 Å². The molecule has 0 radical (unpaired) electrons. The Labute approximate surface area is 122 Å². The molecule has 2 atom stereocenters. The fourth-order valence-corrected chi connectivity index (χ4v) is 2.36. The van der Waals surface area contributed by atoms with E-state index in [1.165, 1.54) is 24.3 Å². The number of hydrogen-bond acceptors (Lipinski definition) is 2. The number of alkyl halides is 3. The third-order valence-corrected chi connectivity index (χ3v) is 4.40. The van der Waals surface area contributed by atoms with Crippen LogP contribution in [-0.4, -0.2) is 15.5 Å². The normalized spacial score (nSPS) is 16.2. The Kier molecular flexibility index (Phi) is 5.34. The molecule has 1 unspecified atom stereocenters. The topological polar surface area (TPSA) is 35.1 Å². The van der Waals surface area contributed by atoms with Gasteiger partial charge in [0.25, 0.3) is 0 Å². The molecule has 1 aromatic carbocycles. The molecule has 0 aromatic heterocycles. The zero-order valence-electron chi connectivity index (χ0n) is 10.7. The minimum atomic E-state index is -4.51. The third-order valence-electron chi connectivity index (χ3n) is 2.31. The molecule has 0 heterocycles. The molecule has 0 bridgehead atoms. The summed E-state index contributed by atoms with van der Waals surface area (Å²) in [6, 6.07) is 3.82. The van der Waals surface area contributed by atoms with Crippen LogP contribution in [0.25, 0.3) is 0 Å². The van der Waals surface area contributed by atoms with Gasteiger partial charge in [-0.15, -0.1) is 4.72 Å². The number of rotatable bonds is 3. The Morgan fingerprint density at radius 3 is 2.00 bits per heavy atom. The highest BCUT2D eigenvalue weighted by molar-refractivity contribution is 9.10. The van der Waals surface area contributed by atoms with Gasteiger partial charge in [-0.1, -0.05) is 28.1 Å². The van der Waals surface area contributed by atoms with Crippen LogP contribution in [0.3, 0.4) is 0 Å². The summed E-state index contributed by atoms with van der Waals surface area (Å²) in [5, 5.41) is 0. The zero-order valence-corrected chi connectivity index (χ0v) is 13.1. The fourth-order valence-electron chi connectivity index (χ4n) is 1.26. The molecule has 0 amide bonds. The average Bonchev–Trinajstić information content (AvgIpc) is 2.24. The minimum Gasteiger partial charge on any atom is -0.598 e. The maximum Gasteiger partial charge on any atom is 0.412 e. The quantitative estimate of drug-likeness (QED) is 0.826. The molecule has 7 heteroatoms. The van der Waals surface area contributed by atoms with Crippen LogP contribution in [0.2, 0.25) is 0 Å². The van der Waals surface area contributed by atoms with Gasteiger partial charge in [0.2, 0.25) is 0 Å². The predicted octanol–water partition coefficient (Wildman–Crippen LogP) is 4.10. The Morgan fingerprint density at radius 1 is 1.16 bits per heavy atom. The van der Waals surface area contributed by atoms with Crippen molar-refractivity contribution in [2.75, 3.05) is 0 Å². The monoisotopic (exact) mass is 357 g/mol. The lowest BCUT2D eigenvalue weighted by atomic mass is 10.1. The molecule has 1 N–H and O–H groups in total. The third kappa shape index (κ3) is 4.98. The molecule has 0 aliphatic heterocycles. The van der Waals surface area contributed by atoms with Gasteiger partial charge in [0, 0.05) is 15.8 Å². The molecule has 108 valence electrons. The zero-order chi connectivity index (χ0) is 14.8. The molecule has 1 rings (SSSR count). The van der Waals surface area contributed by atoms with Crippen LogP contribution in [-0.2, 0) is 11.4 Å². The average molecular weight is 358 g/mol. The van der Waals surface area contributed by atoms with Gasteiger partial charge in [-0.05, 0) is 38.5 Å². The Bertz CT molecular complexity index is 416. The van der Waals surface area contributed by atoms with Crippen molar-refractivity contribution in [1.29, 1.82) is 0 Å². The predicted molar refractivity (Wildman–Crippen MR) is 74.0 cm³/mol. The van der Waals surface area contributed by atoms with Crippen LogP contribution in [0.1, 0.15) is 32.4 Å². The van der Waals surface area contributed by atoms with E-state index in [0.717, 1.165) is 0 Å². The van der Waals surface area contributed by atoms with Crippen LogP contribution in [0.4, 0.5) is 13.2 Å². The van der Waals surface area contributed by atoms with Gasteiger partial charge < -0.3 is 4.55 Å². The summed E-state index contributed by atoms with van der Waals surface area (Å²) in [7, 11) is 0. The number of benzene rings is 1. The summed E-state index contributed by atoms with van der Waals surface area (Å²) >= 11 is 1.36. The van der Waals surface area contributed by atoms with Crippen molar-refractivity contribution in [3.63, 3.8) is 0 Å². The van der Waals surface area contributed by atoms with E-state index < -0.39 is 28.3 Å². The maximum absolute atomic E-state index is 13.0. The fraction of sp³-hybridized carbons (Fsp3) is 0.500. The van der Waals surface area contributed by atoms with Crippen LogP contribution >= 0.6 is 15.9 Å². The second-order valence-corrected chi connectivity index (χ2v) is 7.94. The summed E-state index contributed by atoms with van der Waals surface area (Å²) in [4.78, 5) is 0. The largest absolute Gasteiger partial charge is 0.598 e. The van der Waals surface area contributed by atoms with E-state index in [1.807, 2.05) is 0 Å². The Hall–Kier alpha value is -0.240. The van der Waals surface area contributed by atoms with Gasteiger partial charge in [-0.3, -0.25) is 0 Å². The molecule has 0 saturated carbocycles. The number of hydrogen-bond donors (Lipinski definition) is 1. The van der Waals surface area contributed by atoms with Gasteiger partial charge in [0.1, 0.15) is 4.75 Å². The van der Waals surface area contributed by atoms with Crippen molar-refractivity contribution in [2.24, 2.45) is 0 Å². The van der Waals surface area contributed by atoms with E-state index >= 15 is 0 Å². The first kappa shape index (κ1) is 16.8. The van der Waals surface area contributed by atoms with Crippen LogP contribution in [0.5, 0.6) is 0 Å². The molecule has 0 aliphatic rings. The van der Waals surface area contributed by atoms with Crippen LogP contribution in [0.15, 0.2) is 28.7 Å². The highest BCUT2D eigenvalue weighted by Crippen LogP contribution is 2.34. The summed E-state index contributed by atoms with van der Waals surface area (Å²) in [6.07, 6.45) is -4.51. The van der Waals surface area contributed by atoms with E-state index in [9.17, 15) is 17.7 Å². The molecular formula is C12H15BrF3NOS. The lowest BCUT2D eigenvalue weighted by Crippen LogP contribution is -2.45. The van der Waals surface area contributed by atoms with Crippen molar-refractivity contribution in [3.05, 3.63) is 34.3 Å². The minimum absolute atomic E-state index is 0.0355. The van der Waals surface area contributed by atoms with Crippen molar-refractivity contribution < 1.29 is 17.7 Å². The van der Waals surface area contributed by atoms with Gasteiger partial charge in [-0.2, -0.15) is 13.2 Å². The molecule has 0 saturated heterocycles. The molecule has 2 nitrogen and oxygen atoms in total. The molecule has 0 aliphatic carbocycles. The van der Waals surface area contributed by atoms with E-state index in [0.29, 0.717) is 4.47 Å². The SMILES string of the molecule is CC(C)(C)[S+]([O-])N[C@H](c1ccc(Br)cc1)C(F)(F)F. The summed E-state index contributed by atoms with van der Waals surface area (Å²) in [5.41, 5.74) is 0.0355. The first-order valence-corrected chi connectivity index (χ1v) is 7.46. The Morgan fingerprint density at radius 2 is 1.63 bits per heavy atom. The highest BCUT2D eigenvalue weighted by atomic mass is 79.9. The van der Waals surface area contributed by atoms with Crippen molar-refractivity contribution in [2.45, 2.75) is 37.7 Å². The molecule has 0 spiro atoms. The van der Waals surface area contributed by atoms with Gasteiger partial charge in [-0.25, -0.2) is 0 Å². The van der Waals surface area contributed by atoms with Gasteiger partial charge in [0.05, 0.1) is 0 Å². The molecule has 1 aromatic rings. The molecule has 0 fully saturated rings. The standard InChI is InChI=1S/C12H15BrF3NOS/c1-11(2,3)19(18)17-10(12(14,15)16)8-4-6-9(13)7-5-8/h4-7,10,17H,1-3H3/t10-,19?/m1/s1. The Balaban J connectivity index is 3.00. The molecular weight excluding hydrogens is 343 g/mol. The summed E-state index contributed by atoms with van der Waals surface area (Å²) < 4.78 is 53.1. The van der Waals surface area contributed by atoms with Crippen LogP contribution < -0.4 is 4.72 Å². The second kappa shape index (κ2) is 6.03. The smallest absolute Gasteiger partial charge is 0.412 e. The number of nitrogens with one attached hydrogen (secondary N) is 1. The lowest BCUT2D eigenvalue weighted by Gasteiger charge is -2.29. The van der Waals surface area contributed by atoms with Crippen molar-refractivity contribution in [1.82, 2.24) is 4.72 Å². The van der Waals surface area contributed by atoms with Crippen molar-refractivity contribution >= 4 is 27.3 Å². The van der Waals surface area contributed by atoms with E-state index in [4.69, 9.17) is 0 Å². The molecule has 19 heavy (non-hydrogen) atoms. The van der Waals surface area contributed by atoms with Gasteiger partial charge in [0.15, 0.2) is 6.04 Å². The first-order chi connectivity index (χ1) is 8.51. The second-order valence-electron chi connectivity index (χ2n) is 5.03. The van der Waals surface area contributed by atoms with E-state index in [-0.39, 0.29) is 5.56 Å². The summed E-state index contributed by atoms with van der Waals surface area (Å²) in [6.45, 7) is 4.85. The van der Waals surface area contributed by atoms with Gasteiger partial charge >= 0.3 is 6.18 Å². The van der Waals surface area contributed by atoms with Crippen LogP contribution in [0, 0.1) is 0 Å². The maximum atomic E-state index is 13.0. The summed E-state index contributed by atoms with van der Waals surface area (Å²) in [5.74, 6) is 0. The lowest BCUT2D eigenvalue weighted by molar-refractivity contribution is -0.153.